The Balaban J connectivity index is 2.02. The van der Waals surface area contributed by atoms with Crippen molar-refractivity contribution in [3.05, 3.63) is 82.5 Å². The summed E-state index contributed by atoms with van der Waals surface area (Å²) in [5.74, 6) is -1.22. The summed E-state index contributed by atoms with van der Waals surface area (Å²) in [6, 6.07) is 4.51. The van der Waals surface area contributed by atoms with Crippen molar-refractivity contribution in [1.82, 2.24) is 0 Å². The average molecular weight is 464 g/mol. The van der Waals surface area contributed by atoms with E-state index in [9.17, 15) is 14.7 Å². The molecule has 0 fully saturated rings. The minimum Gasteiger partial charge on any atom is -0.508 e. The number of rotatable bonds is 9. The summed E-state index contributed by atoms with van der Waals surface area (Å²) < 4.78 is 0. The second kappa shape index (κ2) is 12.2. The van der Waals surface area contributed by atoms with Crippen LogP contribution >= 0.6 is 0 Å². The molecule has 182 valence electrons. The highest BCUT2D eigenvalue weighted by Crippen LogP contribution is 2.40. The molecule has 1 amide bonds. The van der Waals surface area contributed by atoms with Gasteiger partial charge in [-0.2, -0.15) is 0 Å². The van der Waals surface area contributed by atoms with Gasteiger partial charge in [-0.25, -0.2) is 0 Å². The number of nitrogens with one attached hydrogen (secondary N) is 1. The Morgan fingerprint density at radius 3 is 2.56 bits per heavy atom. The molecule has 0 spiro atoms. The molecule has 1 aliphatic rings. The molecule has 0 aliphatic heterocycles. The van der Waals surface area contributed by atoms with Crippen LogP contribution < -0.4 is 5.32 Å². The number of phenolic OH excluding ortho intramolecular Hbond substituents is 1. The van der Waals surface area contributed by atoms with E-state index in [1.807, 2.05) is 25.2 Å². The number of aliphatic carboxylic acids is 1. The van der Waals surface area contributed by atoms with Crippen LogP contribution in [0.3, 0.4) is 0 Å². The third-order valence-electron chi connectivity index (χ3n) is 6.09. The van der Waals surface area contributed by atoms with E-state index in [1.165, 1.54) is 48.6 Å². The summed E-state index contributed by atoms with van der Waals surface area (Å²) >= 11 is 0. The van der Waals surface area contributed by atoms with E-state index in [4.69, 9.17) is 5.11 Å². The van der Waals surface area contributed by atoms with Crippen molar-refractivity contribution in [2.75, 3.05) is 5.32 Å². The topological polar surface area (TPSA) is 86.6 Å². The van der Waals surface area contributed by atoms with Crippen LogP contribution in [0.25, 0.3) is 0 Å². The zero-order valence-electron chi connectivity index (χ0n) is 20.9. The standard InChI is InChI=1S/C29H37NO4/c1-20(11-14-25-22(3)10-7-17-29(25,4)5)8-6-9-21(2)18-27(32)30-26-15-13-24(31)19-23(26)12-16-28(33)34/h6,8-9,11,13-15,18-19,31H,7,10,12,16-17H2,1-5H3,(H,30,32)(H,33,34). The second-order valence-electron chi connectivity index (χ2n) is 9.65. The van der Waals surface area contributed by atoms with Crippen molar-refractivity contribution in [3.63, 3.8) is 0 Å². The van der Waals surface area contributed by atoms with E-state index in [1.54, 1.807) is 6.07 Å². The number of allylic oxidation sites excluding steroid dienone is 9. The molecule has 1 aromatic rings. The third-order valence-corrected chi connectivity index (χ3v) is 6.09. The quantitative estimate of drug-likeness (QED) is 0.212. The maximum atomic E-state index is 12.4. The predicted octanol–water partition coefficient (Wildman–Crippen LogP) is 6.88. The monoisotopic (exact) mass is 463 g/mol. The molecule has 1 aliphatic carbocycles. The normalized spacial score (nSPS) is 17.0. The minimum atomic E-state index is -0.936. The molecule has 0 aromatic heterocycles. The number of carbonyl (C=O) groups excluding carboxylic acids is 1. The molecule has 2 rings (SSSR count). The first-order valence-corrected chi connectivity index (χ1v) is 11.7. The number of benzene rings is 1. The molecule has 0 bridgehead atoms. The van der Waals surface area contributed by atoms with Crippen LogP contribution in [-0.4, -0.2) is 22.1 Å². The molecule has 0 atom stereocenters. The number of carboxylic acids is 1. The first-order valence-electron chi connectivity index (χ1n) is 11.7. The fraction of sp³-hybridized carbons (Fsp3) is 0.379. The van der Waals surface area contributed by atoms with Crippen molar-refractivity contribution in [1.29, 1.82) is 0 Å². The van der Waals surface area contributed by atoms with Gasteiger partial charge in [0.15, 0.2) is 0 Å². The molecule has 0 heterocycles. The summed E-state index contributed by atoms with van der Waals surface area (Å²) in [5.41, 5.74) is 6.10. The van der Waals surface area contributed by atoms with Crippen LogP contribution in [0.15, 0.2) is 76.9 Å². The Bertz CT molecular complexity index is 1070. The van der Waals surface area contributed by atoms with Crippen LogP contribution in [0.5, 0.6) is 5.75 Å². The maximum Gasteiger partial charge on any atom is 0.303 e. The van der Waals surface area contributed by atoms with Gasteiger partial charge in [0.2, 0.25) is 5.91 Å². The van der Waals surface area contributed by atoms with Crippen molar-refractivity contribution in [2.45, 2.75) is 66.7 Å². The van der Waals surface area contributed by atoms with E-state index in [-0.39, 0.29) is 29.9 Å². The van der Waals surface area contributed by atoms with Gasteiger partial charge < -0.3 is 15.5 Å². The molecule has 0 radical (unpaired) electrons. The van der Waals surface area contributed by atoms with Crippen LogP contribution in [-0.2, 0) is 16.0 Å². The van der Waals surface area contributed by atoms with Crippen LogP contribution in [0.4, 0.5) is 5.69 Å². The van der Waals surface area contributed by atoms with E-state index in [0.29, 0.717) is 11.3 Å². The molecule has 34 heavy (non-hydrogen) atoms. The van der Waals surface area contributed by atoms with Gasteiger partial charge >= 0.3 is 5.97 Å². The summed E-state index contributed by atoms with van der Waals surface area (Å²) in [7, 11) is 0. The lowest BCUT2D eigenvalue weighted by Crippen LogP contribution is -2.19. The molecule has 0 saturated carbocycles. The smallest absolute Gasteiger partial charge is 0.303 e. The first kappa shape index (κ1) is 26.9. The summed E-state index contributed by atoms with van der Waals surface area (Å²) in [6.07, 6.45) is 15.4. The van der Waals surface area contributed by atoms with Gasteiger partial charge in [-0.05, 0) is 86.8 Å². The van der Waals surface area contributed by atoms with Gasteiger partial charge in [0.1, 0.15) is 5.75 Å². The average Bonchev–Trinajstić information content (AvgIpc) is 2.72. The number of aryl methyl sites for hydroxylation is 1. The minimum absolute atomic E-state index is 0.0303. The van der Waals surface area contributed by atoms with Crippen LogP contribution in [0.2, 0.25) is 0 Å². The van der Waals surface area contributed by atoms with Gasteiger partial charge in [-0.15, -0.1) is 0 Å². The maximum absolute atomic E-state index is 12.4. The molecule has 0 unspecified atom stereocenters. The van der Waals surface area contributed by atoms with E-state index in [0.717, 1.165) is 11.1 Å². The Kier molecular flexibility index (Phi) is 9.67. The molecule has 3 N–H and O–H groups in total. The zero-order valence-corrected chi connectivity index (χ0v) is 20.9. The van der Waals surface area contributed by atoms with E-state index in [2.05, 4.69) is 45.2 Å². The second-order valence-corrected chi connectivity index (χ2v) is 9.65. The Hall–Kier alpha value is -3.34. The summed E-state index contributed by atoms with van der Waals surface area (Å²) in [4.78, 5) is 23.3. The SMILES string of the molecule is CC(C=CC1=C(C)CCCC1(C)C)=CC=CC(C)=CC(=O)Nc1ccc(O)cc1CCC(=O)O. The number of anilines is 1. The van der Waals surface area contributed by atoms with Gasteiger partial charge in [0, 0.05) is 18.2 Å². The molecular formula is C29H37NO4. The Morgan fingerprint density at radius 1 is 1.15 bits per heavy atom. The van der Waals surface area contributed by atoms with E-state index < -0.39 is 5.97 Å². The van der Waals surface area contributed by atoms with Gasteiger partial charge in [-0.1, -0.05) is 55.4 Å². The number of carbonyl (C=O) groups is 2. The van der Waals surface area contributed by atoms with Crippen molar-refractivity contribution in [3.8, 4) is 5.75 Å². The lowest BCUT2D eigenvalue weighted by molar-refractivity contribution is -0.136. The van der Waals surface area contributed by atoms with Crippen molar-refractivity contribution >= 4 is 17.6 Å². The number of hydrogen-bond donors (Lipinski definition) is 3. The van der Waals surface area contributed by atoms with E-state index >= 15 is 0 Å². The summed E-state index contributed by atoms with van der Waals surface area (Å²) in [6.45, 7) is 10.7. The molecule has 5 heteroatoms. The third kappa shape index (κ3) is 8.54. The predicted molar refractivity (Wildman–Crippen MR) is 139 cm³/mol. The van der Waals surface area contributed by atoms with Crippen molar-refractivity contribution in [2.24, 2.45) is 5.41 Å². The Morgan fingerprint density at radius 2 is 1.88 bits per heavy atom. The Labute approximate surface area is 203 Å². The molecule has 5 nitrogen and oxygen atoms in total. The highest BCUT2D eigenvalue weighted by Gasteiger charge is 2.26. The number of aromatic hydroxyl groups is 1. The molecular weight excluding hydrogens is 426 g/mol. The first-order chi connectivity index (χ1) is 16.0. The highest BCUT2D eigenvalue weighted by molar-refractivity contribution is 6.00. The van der Waals surface area contributed by atoms with Gasteiger partial charge in [-0.3, -0.25) is 9.59 Å². The zero-order chi connectivity index (χ0) is 25.3. The number of carboxylic acid groups (broad SMARTS) is 1. The fourth-order valence-corrected chi connectivity index (χ4v) is 4.21. The highest BCUT2D eigenvalue weighted by atomic mass is 16.4. The number of hydrogen-bond acceptors (Lipinski definition) is 3. The number of phenols is 1. The van der Waals surface area contributed by atoms with Gasteiger partial charge in [0.25, 0.3) is 0 Å². The van der Waals surface area contributed by atoms with Gasteiger partial charge in [0.05, 0.1) is 0 Å². The fourth-order valence-electron chi connectivity index (χ4n) is 4.21. The lowest BCUT2D eigenvalue weighted by Gasteiger charge is -2.32. The van der Waals surface area contributed by atoms with Crippen LogP contribution in [0.1, 0.15) is 65.9 Å². The number of amides is 1. The summed E-state index contributed by atoms with van der Waals surface area (Å²) in [5, 5.41) is 21.4. The lowest BCUT2D eigenvalue weighted by atomic mass is 9.72. The molecule has 1 aromatic carbocycles. The van der Waals surface area contributed by atoms with Crippen molar-refractivity contribution < 1.29 is 19.8 Å². The molecule has 0 saturated heterocycles. The van der Waals surface area contributed by atoms with Crippen LogP contribution in [0, 0.1) is 5.41 Å². The largest absolute Gasteiger partial charge is 0.508 e.